The number of anilines is 1. The molecule has 0 unspecified atom stereocenters. The Morgan fingerprint density at radius 2 is 1.97 bits per heavy atom. The van der Waals surface area contributed by atoms with Crippen molar-refractivity contribution in [2.24, 2.45) is 0 Å². The summed E-state index contributed by atoms with van der Waals surface area (Å²) in [6, 6.07) is 11.3. The van der Waals surface area contributed by atoms with Gasteiger partial charge in [-0.15, -0.1) is 5.10 Å². The number of nitrogens with zero attached hydrogens (tertiary/aromatic N) is 6. The molecule has 1 aromatic carbocycles. The van der Waals surface area contributed by atoms with Crippen LogP contribution in [0, 0.1) is 0 Å². The molecule has 0 atom stereocenters. The van der Waals surface area contributed by atoms with E-state index in [-0.39, 0.29) is 12.6 Å². The highest BCUT2D eigenvalue weighted by Gasteiger charge is 2.17. The van der Waals surface area contributed by atoms with E-state index in [1.54, 1.807) is 24.6 Å². The second kappa shape index (κ2) is 8.05. The number of ether oxygens (including phenoxy) is 1. The Hall–Kier alpha value is -3.95. The maximum atomic E-state index is 12.2. The molecule has 0 saturated heterocycles. The number of nitrogens with two attached hydrogens (primary N) is 1. The van der Waals surface area contributed by atoms with Crippen molar-refractivity contribution in [2.75, 3.05) is 19.0 Å². The van der Waals surface area contributed by atoms with Crippen LogP contribution in [0.1, 0.15) is 12.0 Å². The van der Waals surface area contributed by atoms with Crippen LogP contribution in [-0.2, 0) is 13.0 Å². The van der Waals surface area contributed by atoms with Crippen LogP contribution in [0.2, 0.25) is 0 Å². The van der Waals surface area contributed by atoms with Gasteiger partial charge in [-0.3, -0.25) is 0 Å². The van der Waals surface area contributed by atoms with Gasteiger partial charge in [0.2, 0.25) is 11.8 Å². The van der Waals surface area contributed by atoms with E-state index in [4.69, 9.17) is 14.9 Å². The molecule has 5 rings (SSSR count). The Bertz CT molecular complexity index is 1310. The van der Waals surface area contributed by atoms with Crippen LogP contribution < -0.4 is 10.5 Å². The monoisotopic (exact) mass is 420 g/mol. The Morgan fingerprint density at radius 1 is 1.10 bits per heavy atom. The van der Waals surface area contributed by atoms with E-state index in [9.17, 15) is 4.39 Å². The maximum Gasteiger partial charge on any atom is 0.225 e. The fourth-order valence-corrected chi connectivity index (χ4v) is 3.47. The van der Waals surface area contributed by atoms with Crippen molar-refractivity contribution in [2.45, 2.75) is 19.4 Å². The zero-order valence-electron chi connectivity index (χ0n) is 16.6. The maximum absolute atomic E-state index is 12.2. The van der Waals surface area contributed by atoms with Crippen molar-refractivity contribution in [3.05, 3.63) is 54.4 Å². The number of hydrogen-bond donors (Lipinski definition) is 1. The number of aryl methyl sites for hydroxylation is 2. The molecule has 5 aromatic rings. The summed E-state index contributed by atoms with van der Waals surface area (Å²) in [5.41, 5.74) is 8.55. The largest absolute Gasteiger partial charge is 0.491 e. The van der Waals surface area contributed by atoms with Gasteiger partial charge in [0.25, 0.3) is 0 Å². The number of furan rings is 1. The molecule has 0 aliphatic carbocycles. The Balaban J connectivity index is 1.33. The van der Waals surface area contributed by atoms with Gasteiger partial charge in [-0.25, -0.2) is 14.1 Å². The smallest absolute Gasteiger partial charge is 0.225 e. The fraction of sp³-hybridized carbons (Fsp3) is 0.238. The zero-order valence-corrected chi connectivity index (χ0v) is 16.6. The molecule has 9 nitrogen and oxygen atoms in total. The normalized spacial score (nSPS) is 11.5. The van der Waals surface area contributed by atoms with Crippen molar-refractivity contribution in [3.63, 3.8) is 0 Å². The zero-order chi connectivity index (χ0) is 21.2. The SMILES string of the molecule is Nc1nc2c(cnn2CCCc2ccc(OCC[18F])cc2)c2nc(-c3ccco3)nn12. The van der Waals surface area contributed by atoms with Crippen LogP contribution in [0.4, 0.5) is 10.3 Å². The molecular weight excluding hydrogens is 400 g/mol. The van der Waals surface area contributed by atoms with Gasteiger partial charge in [0.05, 0.1) is 17.8 Å². The number of hydrogen-bond acceptors (Lipinski definition) is 7. The molecule has 4 aromatic heterocycles. The molecule has 10 heteroatoms. The predicted octanol–water partition coefficient (Wildman–Crippen LogP) is 3.30. The Kier molecular flexibility index (Phi) is 4.95. The molecule has 0 saturated carbocycles. The van der Waals surface area contributed by atoms with E-state index in [1.807, 2.05) is 28.9 Å². The molecule has 0 radical (unpaired) electrons. The third-order valence-corrected chi connectivity index (χ3v) is 4.94. The van der Waals surface area contributed by atoms with Crippen molar-refractivity contribution >= 4 is 22.6 Å². The van der Waals surface area contributed by atoms with Crippen LogP contribution >= 0.6 is 0 Å². The summed E-state index contributed by atoms with van der Waals surface area (Å²) in [5, 5.41) is 9.65. The van der Waals surface area contributed by atoms with E-state index in [0.717, 1.165) is 18.2 Å². The van der Waals surface area contributed by atoms with E-state index < -0.39 is 6.67 Å². The molecule has 0 amide bonds. The van der Waals surface area contributed by atoms with Crippen LogP contribution in [0.25, 0.3) is 28.3 Å². The standard InChI is InChI=1S/C21H20FN7O2/c22-9-12-30-15-7-5-14(6-8-15)3-1-10-28-19-16(13-24-28)20-25-18(17-4-2-11-31-17)27-29(20)21(23)26-19/h2,4-8,11,13H,1,3,9-10,12H2,(H2,23,26)/i22-1. The molecule has 4 heterocycles. The highest BCUT2D eigenvalue weighted by atomic mass is 18.2. The molecule has 158 valence electrons. The topological polar surface area (TPSA) is 109 Å². The Labute approximate surface area is 176 Å². The quantitative estimate of drug-likeness (QED) is 0.410. The summed E-state index contributed by atoms with van der Waals surface area (Å²) < 4.78 is 26.2. The van der Waals surface area contributed by atoms with Crippen LogP contribution in [0.3, 0.4) is 0 Å². The summed E-state index contributed by atoms with van der Waals surface area (Å²) in [6.07, 6.45) is 5.02. The average Bonchev–Trinajstić information content (AvgIpc) is 3.53. The van der Waals surface area contributed by atoms with E-state index >= 15 is 0 Å². The lowest BCUT2D eigenvalue weighted by atomic mass is 10.1. The minimum absolute atomic E-state index is 0.0736. The summed E-state index contributed by atoms with van der Waals surface area (Å²) in [4.78, 5) is 9.05. The fourth-order valence-electron chi connectivity index (χ4n) is 3.47. The third kappa shape index (κ3) is 3.67. The van der Waals surface area contributed by atoms with Gasteiger partial charge in [0.15, 0.2) is 17.1 Å². The number of fused-ring (bicyclic) bond motifs is 3. The van der Waals surface area contributed by atoms with E-state index in [2.05, 4.69) is 20.2 Å². The van der Waals surface area contributed by atoms with Gasteiger partial charge in [-0.1, -0.05) is 12.1 Å². The molecular formula is C21H20FN7O2. The Morgan fingerprint density at radius 3 is 2.74 bits per heavy atom. The average molecular weight is 420 g/mol. The first-order chi connectivity index (χ1) is 15.2. The summed E-state index contributed by atoms with van der Waals surface area (Å²) >= 11 is 0. The number of halogens is 1. The first kappa shape index (κ1) is 19.0. The highest BCUT2D eigenvalue weighted by Crippen LogP contribution is 2.23. The number of nitrogen functional groups attached to an aromatic ring is 1. The van der Waals surface area contributed by atoms with Crippen molar-refractivity contribution in [1.82, 2.24) is 29.4 Å². The number of rotatable bonds is 8. The van der Waals surface area contributed by atoms with Gasteiger partial charge in [-0.05, 0) is 42.7 Å². The van der Waals surface area contributed by atoms with Gasteiger partial charge < -0.3 is 14.9 Å². The summed E-state index contributed by atoms with van der Waals surface area (Å²) in [6.45, 7) is 0.249. The molecule has 0 aliphatic rings. The lowest BCUT2D eigenvalue weighted by molar-refractivity contribution is 0.273. The molecule has 0 fully saturated rings. The van der Waals surface area contributed by atoms with Gasteiger partial charge in [0.1, 0.15) is 19.0 Å². The summed E-state index contributed by atoms with van der Waals surface area (Å²) in [7, 11) is 0. The molecule has 0 bridgehead atoms. The second-order valence-corrected chi connectivity index (χ2v) is 7.01. The summed E-state index contributed by atoms with van der Waals surface area (Å²) in [5.74, 6) is 1.91. The lowest BCUT2D eigenvalue weighted by Gasteiger charge is -2.06. The lowest BCUT2D eigenvalue weighted by Crippen LogP contribution is -2.06. The first-order valence-corrected chi connectivity index (χ1v) is 9.92. The number of aromatic nitrogens is 6. The molecule has 0 aliphatic heterocycles. The van der Waals surface area contributed by atoms with E-state index in [0.29, 0.717) is 35.2 Å². The highest BCUT2D eigenvalue weighted by molar-refractivity contribution is 5.90. The van der Waals surface area contributed by atoms with Crippen molar-refractivity contribution in [1.29, 1.82) is 0 Å². The molecule has 0 spiro atoms. The third-order valence-electron chi connectivity index (χ3n) is 4.94. The number of benzene rings is 1. The van der Waals surface area contributed by atoms with Crippen LogP contribution in [0.15, 0.2) is 53.3 Å². The van der Waals surface area contributed by atoms with Crippen molar-refractivity contribution in [3.8, 4) is 17.3 Å². The molecule has 2 N–H and O–H groups in total. The van der Waals surface area contributed by atoms with Gasteiger partial charge in [-0.2, -0.15) is 14.6 Å². The minimum Gasteiger partial charge on any atom is -0.491 e. The van der Waals surface area contributed by atoms with Crippen LogP contribution in [-0.4, -0.2) is 42.6 Å². The van der Waals surface area contributed by atoms with Gasteiger partial charge >= 0.3 is 0 Å². The number of alkyl halides is 1. The van der Waals surface area contributed by atoms with Crippen molar-refractivity contribution < 1.29 is 13.5 Å². The second-order valence-electron chi connectivity index (χ2n) is 7.01. The first-order valence-electron chi connectivity index (χ1n) is 9.92. The predicted molar refractivity (Wildman–Crippen MR) is 112 cm³/mol. The van der Waals surface area contributed by atoms with E-state index in [1.165, 1.54) is 10.1 Å². The van der Waals surface area contributed by atoms with Gasteiger partial charge in [0, 0.05) is 6.54 Å². The minimum atomic E-state index is -0.497. The van der Waals surface area contributed by atoms with Crippen LogP contribution in [0.5, 0.6) is 5.75 Å². The molecule has 31 heavy (non-hydrogen) atoms.